The molecule has 2 aromatic heterocycles. The number of esters is 1. The number of carbonyl (C=O) groups excluding carboxylic acids is 1. The first-order chi connectivity index (χ1) is 9.69. The Kier molecular flexibility index (Phi) is 3.89. The maximum absolute atomic E-state index is 11.6. The van der Waals surface area contributed by atoms with Crippen molar-refractivity contribution in [2.75, 3.05) is 6.61 Å². The van der Waals surface area contributed by atoms with E-state index in [-0.39, 0.29) is 5.97 Å². The van der Waals surface area contributed by atoms with Crippen molar-refractivity contribution in [1.82, 2.24) is 9.97 Å². The SMILES string of the molecule is CCOC(=O)CC1CCc2sc3ncnc(Cl)c3c2C1. The third-order valence-corrected chi connectivity index (χ3v) is 5.14. The average Bonchev–Trinajstić information content (AvgIpc) is 2.78. The van der Waals surface area contributed by atoms with Crippen LogP contribution in [0.3, 0.4) is 0 Å². The van der Waals surface area contributed by atoms with Crippen LogP contribution >= 0.6 is 22.9 Å². The van der Waals surface area contributed by atoms with Gasteiger partial charge in [-0.05, 0) is 37.7 Å². The van der Waals surface area contributed by atoms with Crippen LogP contribution in [-0.2, 0) is 22.4 Å². The average molecular weight is 311 g/mol. The molecule has 4 nitrogen and oxygen atoms in total. The molecule has 3 rings (SSSR count). The molecule has 2 heterocycles. The van der Waals surface area contributed by atoms with Crippen LogP contribution in [0.1, 0.15) is 30.2 Å². The fourth-order valence-corrected chi connectivity index (χ4v) is 4.26. The van der Waals surface area contributed by atoms with Gasteiger partial charge in [-0.1, -0.05) is 11.6 Å². The smallest absolute Gasteiger partial charge is 0.306 e. The summed E-state index contributed by atoms with van der Waals surface area (Å²) in [6.07, 6.45) is 4.85. The van der Waals surface area contributed by atoms with Crippen molar-refractivity contribution in [1.29, 1.82) is 0 Å². The first-order valence-electron chi connectivity index (χ1n) is 6.75. The van der Waals surface area contributed by atoms with Gasteiger partial charge in [0.15, 0.2) is 0 Å². The molecule has 2 aromatic rings. The van der Waals surface area contributed by atoms with Crippen LogP contribution in [0.5, 0.6) is 0 Å². The number of fused-ring (bicyclic) bond motifs is 3. The van der Waals surface area contributed by atoms with E-state index < -0.39 is 0 Å². The Morgan fingerprint density at radius 2 is 2.40 bits per heavy atom. The van der Waals surface area contributed by atoms with Gasteiger partial charge in [-0.15, -0.1) is 11.3 Å². The predicted octanol–water partition coefficient (Wildman–Crippen LogP) is 3.40. The highest BCUT2D eigenvalue weighted by atomic mass is 35.5. The topological polar surface area (TPSA) is 52.1 Å². The Morgan fingerprint density at radius 1 is 1.55 bits per heavy atom. The van der Waals surface area contributed by atoms with Gasteiger partial charge in [-0.2, -0.15) is 0 Å². The number of hydrogen-bond acceptors (Lipinski definition) is 5. The molecule has 0 saturated heterocycles. The Morgan fingerprint density at radius 3 is 3.20 bits per heavy atom. The molecule has 1 atom stereocenters. The molecule has 1 unspecified atom stereocenters. The minimum absolute atomic E-state index is 0.108. The van der Waals surface area contributed by atoms with Gasteiger partial charge in [0.1, 0.15) is 16.3 Å². The minimum atomic E-state index is -0.108. The van der Waals surface area contributed by atoms with Crippen LogP contribution in [0.25, 0.3) is 10.2 Å². The molecule has 0 amide bonds. The molecule has 20 heavy (non-hydrogen) atoms. The monoisotopic (exact) mass is 310 g/mol. The minimum Gasteiger partial charge on any atom is -0.466 e. The van der Waals surface area contributed by atoms with Crippen molar-refractivity contribution >= 4 is 39.1 Å². The molecule has 1 aliphatic rings. The van der Waals surface area contributed by atoms with Crippen LogP contribution in [0.15, 0.2) is 6.33 Å². The summed E-state index contributed by atoms with van der Waals surface area (Å²) in [5.41, 5.74) is 1.23. The zero-order chi connectivity index (χ0) is 14.1. The molecule has 106 valence electrons. The van der Waals surface area contributed by atoms with Crippen LogP contribution in [-0.4, -0.2) is 22.5 Å². The standard InChI is InChI=1S/C14H15ClN2O2S/c1-2-19-11(18)6-8-3-4-10-9(5-8)12-13(15)16-7-17-14(12)20-10/h7-8H,2-6H2,1H3. The van der Waals surface area contributed by atoms with Crippen LogP contribution in [0.2, 0.25) is 5.15 Å². The van der Waals surface area contributed by atoms with E-state index in [2.05, 4.69) is 9.97 Å². The van der Waals surface area contributed by atoms with Gasteiger partial charge in [0, 0.05) is 11.3 Å². The summed E-state index contributed by atoms with van der Waals surface area (Å²) in [6, 6.07) is 0. The lowest BCUT2D eigenvalue weighted by Crippen LogP contribution is -2.18. The Hall–Kier alpha value is -1.20. The van der Waals surface area contributed by atoms with Crippen LogP contribution in [0, 0.1) is 5.92 Å². The summed E-state index contributed by atoms with van der Waals surface area (Å²) in [4.78, 5) is 22.3. The molecule has 0 N–H and O–H groups in total. The number of hydrogen-bond donors (Lipinski definition) is 0. The van der Waals surface area contributed by atoms with Crippen molar-refractivity contribution in [3.8, 4) is 0 Å². The van der Waals surface area contributed by atoms with E-state index in [4.69, 9.17) is 16.3 Å². The number of carbonyl (C=O) groups is 1. The highest BCUT2D eigenvalue weighted by Crippen LogP contribution is 2.40. The lowest BCUT2D eigenvalue weighted by molar-refractivity contribution is -0.144. The fraction of sp³-hybridized carbons (Fsp3) is 0.500. The summed E-state index contributed by atoms with van der Waals surface area (Å²) in [6.45, 7) is 2.28. The number of aryl methyl sites for hydroxylation is 1. The second kappa shape index (κ2) is 5.66. The number of thiophene rings is 1. The largest absolute Gasteiger partial charge is 0.466 e. The molecule has 0 radical (unpaired) electrons. The van der Waals surface area contributed by atoms with E-state index in [0.717, 1.165) is 29.5 Å². The van der Waals surface area contributed by atoms with E-state index in [1.165, 1.54) is 16.8 Å². The second-order valence-electron chi connectivity index (χ2n) is 4.97. The first-order valence-corrected chi connectivity index (χ1v) is 7.94. The Labute approximate surface area is 126 Å². The third-order valence-electron chi connectivity index (χ3n) is 3.66. The highest BCUT2D eigenvalue weighted by molar-refractivity contribution is 7.19. The number of ether oxygens (including phenoxy) is 1. The van der Waals surface area contributed by atoms with Crippen LogP contribution < -0.4 is 0 Å². The Balaban J connectivity index is 1.87. The van der Waals surface area contributed by atoms with Gasteiger partial charge in [-0.3, -0.25) is 4.79 Å². The van der Waals surface area contributed by atoms with Crippen molar-refractivity contribution in [3.05, 3.63) is 21.9 Å². The highest BCUT2D eigenvalue weighted by Gasteiger charge is 2.26. The van der Waals surface area contributed by atoms with Crippen molar-refractivity contribution in [2.45, 2.75) is 32.6 Å². The molecule has 6 heteroatoms. The normalized spacial score (nSPS) is 18.0. The predicted molar refractivity (Wildman–Crippen MR) is 79.2 cm³/mol. The molecule has 0 aliphatic heterocycles. The third kappa shape index (κ3) is 2.52. The molecule has 0 saturated carbocycles. The van der Waals surface area contributed by atoms with Gasteiger partial charge in [0.2, 0.25) is 0 Å². The zero-order valence-electron chi connectivity index (χ0n) is 11.2. The van der Waals surface area contributed by atoms with Gasteiger partial charge in [0.25, 0.3) is 0 Å². The number of aromatic nitrogens is 2. The number of nitrogens with zero attached hydrogens (tertiary/aromatic N) is 2. The zero-order valence-corrected chi connectivity index (χ0v) is 12.8. The molecule has 0 spiro atoms. The lowest BCUT2D eigenvalue weighted by atomic mass is 9.85. The van der Waals surface area contributed by atoms with E-state index in [1.54, 1.807) is 11.3 Å². The lowest BCUT2D eigenvalue weighted by Gasteiger charge is -2.21. The summed E-state index contributed by atoms with van der Waals surface area (Å²) < 4.78 is 5.04. The van der Waals surface area contributed by atoms with E-state index >= 15 is 0 Å². The van der Waals surface area contributed by atoms with Gasteiger partial charge in [0.05, 0.1) is 12.0 Å². The van der Waals surface area contributed by atoms with Crippen molar-refractivity contribution in [2.24, 2.45) is 5.92 Å². The summed E-state index contributed by atoms with van der Waals surface area (Å²) in [5, 5.41) is 1.49. The van der Waals surface area contributed by atoms with Crippen molar-refractivity contribution in [3.63, 3.8) is 0 Å². The molecule has 0 bridgehead atoms. The molecule has 1 aliphatic carbocycles. The number of halogens is 1. The quantitative estimate of drug-likeness (QED) is 0.644. The van der Waals surface area contributed by atoms with Gasteiger partial charge < -0.3 is 4.74 Å². The van der Waals surface area contributed by atoms with Crippen molar-refractivity contribution < 1.29 is 9.53 Å². The second-order valence-corrected chi connectivity index (χ2v) is 6.41. The van der Waals surface area contributed by atoms with Gasteiger partial charge in [-0.25, -0.2) is 9.97 Å². The maximum atomic E-state index is 11.6. The molecular formula is C14H15ClN2O2S. The van der Waals surface area contributed by atoms with E-state index in [0.29, 0.717) is 24.1 Å². The summed E-state index contributed by atoms with van der Waals surface area (Å²) in [5.74, 6) is 0.221. The van der Waals surface area contributed by atoms with Crippen LogP contribution in [0.4, 0.5) is 0 Å². The molecule has 0 fully saturated rings. The van der Waals surface area contributed by atoms with Gasteiger partial charge >= 0.3 is 5.97 Å². The molecule has 0 aromatic carbocycles. The maximum Gasteiger partial charge on any atom is 0.306 e. The summed E-state index contributed by atoms with van der Waals surface area (Å²) in [7, 11) is 0. The molecular weight excluding hydrogens is 296 g/mol. The Bertz CT molecular complexity index is 656. The first kappa shape index (κ1) is 13.8. The van der Waals surface area contributed by atoms with E-state index in [1.807, 2.05) is 6.92 Å². The fourth-order valence-electron chi connectivity index (χ4n) is 2.77. The summed E-state index contributed by atoms with van der Waals surface area (Å²) >= 11 is 7.90. The number of rotatable bonds is 3. The van der Waals surface area contributed by atoms with E-state index in [9.17, 15) is 4.79 Å².